The van der Waals surface area contributed by atoms with Crippen LogP contribution in [0, 0.1) is 11.3 Å². The van der Waals surface area contributed by atoms with Crippen LogP contribution in [-0.2, 0) is 4.79 Å². The lowest BCUT2D eigenvalue weighted by molar-refractivity contribution is -0.117. The molecule has 0 aromatic heterocycles. The number of carbonyl (C=O) groups excluding carboxylic acids is 1. The van der Waals surface area contributed by atoms with Gasteiger partial charge in [-0.2, -0.15) is 5.26 Å². The lowest BCUT2D eigenvalue weighted by Crippen LogP contribution is -2.33. The minimum atomic E-state index is -0.664. The molecule has 11 heavy (non-hydrogen) atoms. The number of hydrogen-bond donors (Lipinski definition) is 4. The molecule has 0 aromatic rings. The maximum atomic E-state index is 10.7. The highest BCUT2D eigenvalue weighted by molar-refractivity contribution is 5.97. The second kappa shape index (κ2) is 4.27. The van der Waals surface area contributed by atoms with Crippen molar-refractivity contribution in [1.82, 2.24) is 10.9 Å². The predicted octanol–water partition coefficient (Wildman–Crippen LogP) is -1.76. The highest BCUT2D eigenvalue weighted by atomic mass is 16.2. The fraction of sp³-hybridized carbons (Fsp3) is 0.200. The Labute approximate surface area is 63.8 Å². The molecule has 0 saturated heterocycles. The summed E-state index contributed by atoms with van der Waals surface area (Å²) >= 11 is 0. The number of allylic oxidation sites excluding steroid dienone is 1. The Morgan fingerprint density at radius 2 is 2.00 bits per heavy atom. The van der Waals surface area contributed by atoms with E-state index < -0.39 is 5.91 Å². The summed E-state index contributed by atoms with van der Waals surface area (Å²) in [7, 11) is 0. The van der Waals surface area contributed by atoms with E-state index in [0.29, 0.717) is 0 Å². The van der Waals surface area contributed by atoms with Gasteiger partial charge in [0.25, 0.3) is 5.91 Å². The van der Waals surface area contributed by atoms with Crippen LogP contribution in [0.15, 0.2) is 11.3 Å². The number of nitriles is 1. The molecular formula is C5H9N5O. The number of carbonyl (C=O) groups is 1. The predicted molar refractivity (Wildman–Crippen MR) is 38.0 cm³/mol. The molecular weight excluding hydrogens is 146 g/mol. The number of hydrogen-bond acceptors (Lipinski definition) is 5. The van der Waals surface area contributed by atoms with E-state index in [1.54, 1.807) is 6.07 Å². The normalized spacial score (nSPS) is 11.1. The second-order valence-electron chi connectivity index (χ2n) is 1.73. The fourth-order valence-corrected chi connectivity index (χ4v) is 0.449. The quantitative estimate of drug-likeness (QED) is 0.124. The summed E-state index contributed by atoms with van der Waals surface area (Å²) in [6.45, 7) is 1.49. The standard InChI is InChI=1S/C5H9N5O/c1-3(9-7)4(2-6)5(11)10-8/h9H,7-8H2,1H3,(H,10,11)/b4-3+. The highest BCUT2D eigenvalue weighted by Gasteiger charge is 2.09. The average molecular weight is 155 g/mol. The van der Waals surface area contributed by atoms with Gasteiger partial charge in [0.2, 0.25) is 0 Å². The second-order valence-corrected chi connectivity index (χ2v) is 1.73. The van der Waals surface area contributed by atoms with Gasteiger partial charge in [0.05, 0.1) is 0 Å². The van der Waals surface area contributed by atoms with E-state index in [-0.39, 0.29) is 11.3 Å². The third kappa shape index (κ3) is 2.25. The van der Waals surface area contributed by atoms with Gasteiger partial charge < -0.3 is 5.43 Å². The average Bonchev–Trinajstić information content (AvgIpc) is 2.05. The van der Waals surface area contributed by atoms with Crippen LogP contribution in [0.25, 0.3) is 0 Å². The maximum Gasteiger partial charge on any atom is 0.277 e. The SMILES string of the molecule is C/C(NN)=C(/C#N)C(=O)NN. The molecule has 6 nitrogen and oxygen atoms in total. The van der Waals surface area contributed by atoms with Crippen LogP contribution in [0.3, 0.4) is 0 Å². The first-order valence-corrected chi connectivity index (χ1v) is 2.76. The summed E-state index contributed by atoms with van der Waals surface area (Å²) in [6.07, 6.45) is 0. The van der Waals surface area contributed by atoms with Gasteiger partial charge in [-0.25, -0.2) is 5.84 Å². The van der Waals surface area contributed by atoms with Crippen molar-refractivity contribution in [3.05, 3.63) is 11.3 Å². The van der Waals surface area contributed by atoms with Crippen LogP contribution in [0.4, 0.5) is 0 Å². The number of nitrogens with two attached hydrogens (primary N) is 2. The van der Waals surface area contributed by atoms with Crippen molar-refractivity contribution in [3.63, 3.8) is 0 Å². The molecule has 0 aliphatic carbocycles. The number of nitrogens with zero attached hydrogens (tertiary/aromatic N) is 1. The van der Waals surface area contributed by atoms with Crippen molar-refractivity contribution >= 4 is 5.91 Å². The fourth-order valence-electron chi connectivity index (χ4n) is 0.449. The molecule has 0 bridgehead atoms. The van der Waals surface area contributed by atoms with Gasteiger partial charge in [0.15, 0.2) is 0 Å². The zero-order chi connectivity index (χ0) is 8.85. The van der Waals surface area contributed by atoms with Crippen LogP contribution in [0.2, 0.25) is 0 Å². The first kappa shape index (κ1) is 9.42. The summed E-state index contributed by atoms with van der Waals surface area (Å²) in [5, 5.41) is 8.41. The van der Waals surface area contributed by atoms with E-state index in [4.69, 9.17) is 16.9 Å². The van der Waals surface area contributed by atoms with E-state index in [0.717, 1.165) is 0 Å². The van der Waals surface area contributed by atoms with Gasteiger partial charge in [-0.05, 0) is 6.92 Å². The Hall–Kier alpha value is -1.58. The van der Waals surface area contributed by atoms with Gasteiger partial charge in [0, 0.05) is 5.70 Å². The molecule has 0 saturated carbocycles. The summed E-state index contributed by atoms with van der Waals surface area (Å²) in [5.74, 6) is 9.08. The molecule has 0 fully saturated rings. The van der Waals surface area contributed by atoms with Crippen LogP contribution in [0.1, 0.15) is 6.92 Å². The van der Waals surface area contributed by atoms with Crippen LogP contribution < -0.4 is 22.5 Å². The van der Waals surface area contributed by atoms with E-state index in [1.165, 1.54) is 6.92 Å². The van der Waals surface area contributed by atoms with Crippen LogP contribution in [-0.4, -0.2) is 5.91 Å². The Kier molecular flexibility index (Phi) is 3.66. The van der Waals surface area contributed by atoms with Gasteiger partial charge in [-0.15, -0.1) is 0 Å². The van der Waals surface area contributed by atoms with Crippen molar-refractivity contribution in [2.24, 2.45) is 11.7 Å². The van der Waals surface area contributed by atoms with Crippen molar-refractivity contribution in [3.8, 4) is 6.07 Å². The number of nitrogens with one attached hydrogen (secondary N) is 2. The first-order valence-electron chi connectivity index (χ1n) is 2.76. The minimum absolute atomic E-state index is 0.130. The van der Waals surface area contributed by atoms with Gasteiger partial charge in [0.1, 0.15) is 11.6 Å². The summed E-state index contributed by atoms with van der Waals surface area (Å²) in [5.41, 5.74) is 4.13. The molecule has 0 aromatic carbocycles. The Balaban J connectivity index is 4.69. The third-order valence-electron chi connectivity index (χ3n) is 1.06. The molecule has 0 radical (unpaired) electrons. The molecule has 6 N–H and O–H groups in total. The van der Waals surface area contributed by atoms with Crippen LogP contribution >= 0.6 is 0 Å². The Morgan fingerprint density at radius 1 is 1.45 bits per heavy atom. The van der Waals surface area contributed by atoms with Crippen LogP contribution in [0.5, 0.6) is 0 Å². The van der Waals surface area contributed by atoms with Gasteiger partial charge in [-0.1, -0.05) is 0 Å². The van der Waals surface area contributed by atoms with Gasteiger partial charge in [-0.3, -0.25) is 16.1 Å². The van der Waals surface area contributed by atoms with Crippen molar-refractivity contribution in [2.75, 3.05) is 0 Å². The minimum Gasteiger partial charge on any atom is -0.327 e. The molecule has 0 aliphatic rings. The lowest BCUT2D eigenvalue weighted by Gasteiger charge is -2.01. The highest BCUT2D eigenvalue weighted by Crippen LogP contribution is 1.96. The molecule has 1 amide bonds. The van der Waals surface area contributed by atoms with E-state index in [9.17, 15) is 4.79 Å². The van der Waals surface area contributed by atoms with E-state index >= 15 is 0 Å². The number of hydrazine groups is 2. The number of amides is 1. The van der Waals surface area contributed by atoms with E-state index in [2.05, 4.69) is 5.43 Å². The number of rotatable bonds is 2. The van der Waals surface area contributed by atoms with Crippen molar-refractivity contribution in [2.45, 2.75) is 6.92 Å². The summed E-state index contributed by atoms with van der Waals surface area (Å²) in [6, 6.07) is 1.65. The monoisotopic (exact) mass is 155 g/mol. The topological polar surface area (TPSA) is 117 Å². The first-order chi connectivity index (χ1) is 5.17. The Bertz CT molecular complexity index is 226. The smallest absolute Gasteiger partial charge is 0.277 e. The molecule has 0 heterocycles. The van der Waals surface area contributed by atoms with Crippen molar-refractivity contribution in [1.29, 1.82) is 5.26 Å². The third-order valence-corrected chi connectivity index (χ3v) is 1.06. The van der Waals surface area contributed by atoms with Crippen molar-refractivity contribution < 1.29 is 4.79 Å². The molecule has 0 unspecified atom stereocenters. The molecule has 60 valence electrons. The lowest BCUT2D eigenvalue weighted by atomic mass is 10.2. The molecule has 0 aliphatic heterocycles. The molecule has 0 spiro atoms. The largest absolute Gasteiger partial charge is 0.327 e. The summed E-state index contributed by atoms with van der Waals surface area (Å²) < 4.78 is 0. The zero-order valence-electron chi connectivity index (χ0n) is 6.01. The molecule has 0 rings (SSSR count). The van der Waals surface area contributed by atoms with Gasteiger partial charge >= 0.3 is 0 Å². The molecule has 0 atom stereocenters. The zero-order valence-corrected chi connectivity index (χ0v) is 6.01. The summed E-state index contributed by atoms with van der Waals surface area (Å²) in [4.78, 5) is 10.7. The van der Waals surface area contributed by atoms with E-state index in [1.807, 2.05) is 5.43 Å². The molecule has 6 heteroatoms. The maximum absolute atomic E-state index is 10.7. The Morgan fingerprint density at radius 3 is 2.27 bits per heavy atom.